The summed E-state index contributed by atoms with van der Waals surface area (Å²) in [5, 5.41) is 2.24. The smallest absolute Gasteiger partial charge is 0.335 e. The van der Waals surface area contributed by atoms with Crippen LogP contribution in [0.5, 0.6) is 11.5 Å². The van der Waals surface area contributed by atoms with Crippen molar-refractivity contribution in [1.82, 2.24) is 5.32 Å². The van der Waals surface area contributed by atoms with Gasteiger partial charge in [0.15, 0.2) is 11.5 Å². The number of anilines is 1. The van der Waals surface area contributed by atoms with E-state index in [1.54, 1.807) is 43.3 Å². The maximum Gasteiger partial charge on any atom is 0.335 e. The van der Waals surface area contributed by atoms with Crippen molar-refractivity contribution in [2.45, 2.75) is 13.5 Å². The first-order valence-electron chi connectivity index (χ1n) is 10.5. The maximum atomic E-state index is 13.2. The number of carbonyl (C=O) groups is 3. The van der Waals surface area contributed by atoms with Crippen molar-refractivity contribution in [3.05, 3.63) is 91.9 Å². The Morgan fingerprint density at radius 3 is 2.37 bits per heavy atom. The number of nitrogens with one attached hydrogen (secondary N) is 1. The van der Waals surface area contributed by atoms with Gasteiger partial charge in [0, 0.05) is 8.95 Å². The van der Waals surface area contributed by atoms with Gasteiger partial charge in [-0.1, -0.05) is 62.2 Å². The first-order chi connectivity index (χ1) is 16.8. The first-order valence-corrected chi connectivity index (χ1v) is 12.1. The number of rotatable bonds is 6. The lowest BCUT2D eigenvalue weighted by molar-refractivity contribution is -0.122. The number of imide groups is 2. The molecule has 1 aliphatic heterocycles. The molecule has 0 spiro atoms. The van der Waals surface area contributed by atoms with Crippen molar-refractivity contribution in [3.63, 3.8) is 0 Å². The van der Waals surface area contributed by atoms with Crippen LogP contribution in [0, 0.1) is 6.92 Å². The van der Waals surface area contributed by atoms with Crippen molar-refractivity contribution in [3.8, 4) is 11.5 Å². The van der Waals surface area contributed by atoms with Crippen LogP contribution in [-0.4, -0.2) is 25.0 Å². The summed E-state index contributed by atoms with van der Waals surface area (Å²) in [6.45, 7) is 2.11. The minimum Gasteiger partial charge on any atom is -0.493 e. The number of hydrogen-bond acceptors (Lipinski definition) is 5. The molecule has 0 aromatic heterocycles. The molecule has 35 heavy (non-hydrogen) atoms. The Morgan fingerprint density at radius 1 is 0.971 bits per heavy atom. The zero-order valence-corrected chi connectivity index (χ0v) is 22.0. The highest BCUT2D eigenvalue weighted by atomic mass is 79.9. The standard InChI is InChI=1S/C26H20Br2N2O5/c1-15-5-3-4-6-21(15)30-25(32)19(24(31)29-26(30)33)11-17-12-22(34-2)23(13-20(17)28)35-14-16-7-9-18(27)10-8-16/h3-13H,14H2,1-2H3,(H,29,31,33)/b19-11+. The molecule has 0 saturated carbocycles. The lowest BCUT2D eigenvalue weighted by atomic mass is 10.1. The van der Waals surface area contributed by atoms with Crippen LogP contribution in [0.2, 0.25) is 0 Å². The van der Waals surface area contributed by atoms with Crippen LogP contribution in [0.4, 0.5) is 10.5 Å². The highest BCUT2D eigenvalue weighted by Crippen LogP contribution is 2.36. The molecule has 3 aromatic carbocycles. The number of aryl methyl sites for hydroxylation is 1. The number of para-hydroxylation sites is 1. The van der Waals surface area contributed by atoms with Gasteiger partial charge in [0.1, 0.15) is 12.2 Å². The van der Waals surface area contributed by atoms with Crippen molar-refractivity contribution >= 4 is 61.5 Å². The van der Waals surface area contributed by atoms with Gasteiger partial charge in [-0.15, -0.1) is 0 Å². The van der Waals surface area contributed by atoms with Crippen molar-refractivity contribution in [1.29, 1.82) is 0 Å². The van der Waals surface area contributed by atoms with E-state index in [1.165, 1.54) is 13.2 Å². The van der Waals surface area contributed by atoms with Crippen LogP contribution in [0.15, 0.2) is 75.2 Å². The summed E-state index contributed by atoms with van der Waals surface area (Å²) in [7, 11) is 1.50. The van der Waals surface area contributed by atoms with E-state index in [0.29, 0.717) is 33.8 Å². The average Bonchev–Trinajstić information content (AvgIpc) is 2.83. The minimum absolute atomic E-state index is 0.181. The molecular formula is C26H20Br2N2O5. The third-order valence-electron chi connectivity index (χ3n) is 5.35. The number of methoxy groups -OCH3 is 1. The largest absolute Gasteiger partial charge is 0.493 e. The predicted octanol–water partition coefficient (Wildman–Crippen LogP) is 5.77. The summed E-state index contributed by atoms with van der Waals surface area (Å²) < 4.78 is 13.0. The van der Waals surface area contributed by atoms with Gasteiger partial charge >= 0.3 is 6.03 Å². The third kappa shape index (κ3) is 5.31. The molecule has 7 nitrogen and oxygen atoms in total. The molecule has 1 fully saturated rings. The van der Waals surface area contributed by atoms with E-state index in [-0.39, 0.29) is 5.57 Å². The normalized spacial score (nSPS) is 14.8. The molecule has 3 aromatic rings. The van der Waals surface area contributed by atoms with Crippen molar-refractivity contribution in [2.75, 3.05) is 12.0 Å². The van der Waals surface area contributed by atoms with Crippen LogP contribution < -0.4 is 19.7 Å². The summed E-state index contributed by atoms with van der Waals surface area (Å²) >= 11 is 6.89. The van der Waals surface area contributed by atoms with Crippen LogP contribution in [0.1, 0.15) is 16.7 Å². The predicted molar refractivity (Wildman–Crippen MR) is 139 cm³/mol. The number of ether oxygens (including phenoxy) is 2. The molecular weight excluding hydrogens is 580 g/mol. The summed E-state index contributed by atoms with van der Waals surface area (Å²) in [5.41, 5.74) is 2.43. The van der Waals surface area contributed by atoms with E-state index in [1.807, 2.05) is 24.3 Å². The Labute approximate surface area is 219 Å². The number of nitrogens with zero attached hydrogens (tertiary/aromatic N) is 1. The second-order valence-electron chi connectivity index (χ2n) is 7.68. The number of hydrogen-bond donors (Lipinski definition) is 1. The zero-order chi connectivity index (χ0) is 25.1. The second-order valence-corrected chi connectivity index (χ2v) is 9.45. The summed E-state index contributed by atoms with van der Waals surface area (Å²) in [6, 6.07) is 17.3. The number of urea groups is 1. The molecule has 0 bridgehead atoms. The molecule has 4 amide bonds. The fourth-order valence-corrected chi connectivity index (χ4v) is 4.22. The molecule has 0 aliphatic carbocycles. The van der Waals surface area contributed by atoms with E-state index in [4.69, 9.17) is 9.47 Å². The van der Waals surface area contributed by atoms with Crippen LogP contribution in [0.25, 0.3) is 6.08 Å². The molecule has 9 heteroatoms. The van der Waals surface area contributed by atoms with E-state index >= 15 is 0 Å². The van der Waals surface area contributed by atoms with E-state index in [2.05, 4.69) is 37.2 Å². The topological polar surface area (TPSA) is 84.9 Å². The van der Waals surface area contributed by atoms with Crippen LogP contribution in [0.3, 0.4) is 0 Å². The lowest BCUT2D eigenvalue weighted by Crippen LogP contribution is -2.54. The molecule has 0 unspecified atom stereocenters. The van der Waals surface area contributed by atoms with Crippen molar-refractivity contribution in [2.24, 2.45) is 0 Å². The Bertz CT molecular complexity index is 1350. The van der Waals surface area contributed by atoms with Gasteiger partial charge < -0.3 is 9.47 Å². The van der Waals surface area contributed by atoms with Gasteiger partial charge in [0.2, 0.25) is 0 Å². The van der Waals surface area contributed by atoms with Gasteiger partial charge in [0.25, 0.3) is 11.8 Å². The molecule has 178 valence electrons. The SMILES string of the molecule is COc1cc(/C=C2\C(=O)NC(=O)N(c3ccccc3C)C2=O)c(Br)cc1OCc1ccc(Br)cc1. The quantitative estimate of drug-likeness (QED) is 0.287. The highest BCUT2D eigenvalue weighted by Gasteiger charge is 2.37. The number of halogens is 2. The Balaban J connectivity index is 1.65. The lowest BCUT2D eigenvalue weighted by Gasteiger charge is -2.27. The molecule has 0 atom stereocenters. The van der Waals surface area contributed by atoms with Crippen LogP contribution in [-0.2, 0) is 16.2 Å². The van der Waals surface area contributed by atoms with E-state index in [9.17, 15) is 14.4 Å². The van der Waals surface area contributed by atoms with Crippen molar-refractivity contribution < 1.29 is 23.9 Å². The van der Waals surface area contributed by atoms with E-state index < -0.39 is 17.8 Å². The summed E-state index contributed by atoms with van der Waals surface area (Å²) in [5.74, 6) is -0.575. The van der Waals surface area contributed by atoms with Gasteiger partial charge in [0.05, 0.1) is 12.8 Å². The third-order valence-corrected chi connectivity index (χ3v) is 6.56. The van der Waals surface area contributed by atoms with Gasteiger partial charge in [-0.2, -0.15) is 0 Å². The van der Waals surface area contributed by atoms with Crippen LogP contribution >= 0.6 is 31.9 Å². The minimum atomic E-state index is -0.792. The Morgan fingerprint density at radius 2 is 1.69 bits per heavy atom. The molecule has 1 N–H and O–H groups in total. The Hall–Kier alpha value is -3.43. The zero-order valence-electron chi connectivity index (χ0n) is 18.8. The molecule has 1 saturated heterocycles. The number of barbiturate groups is 1. The van der Waals surface area contributed by atoms with Gasteiger partial charge in [-0.25, -0.2) is 9.69 Å². The summed E-state index contributed by atoms with van der Waals surface area (Å²) in [4.78, 5) is 39.2. The average molecular weight is 600 g/mol. The fourth-order valence-electron chi connectivity index (χ4n) is 3.52. The molecule has 1 heterocycles. The monoisotopic (exact) mass is 598 g/mol. The first kappa shape index (κ1) is 24.7. The summed E-state index contributed by atoms with van der Waals surface area (Å²) in [6.07, 6.45) is 1.42. The molecule has 4 rings (SSSR count). The molecule has 1 aliphatic rings. The highest BCUT2D eigenvalue weighted by molar-refractivity contribution is 9.10. The number of amides is 4. The van der Waals surface area contributed by atoms with Gasteiger partial charge in [-0.3, -0.25) is 14.9 Å². The number of carbonyl (C=O) groups excluding carboxylic acids is 3. The number of benzene rings is 3. The second kappa shape index (κ2) is 10.5. The molecule has 0 radical (unpaired) electrons. The van der Waals surface area contributed by atoms with E-state index in [0.717, 1.165) is 20.5 Å². The fraction of sp³-hybridized carbons (Fsp3) is 0.115. The Kier molecular flexibility index (Phi) is 7.37. The maximum absolute atomic E-state index is 13.2. The van der Waals surface area contributed by atoms with Gasteiger partial charge in [-0.05, 0) is 60.0 Å².